The second-order valence-corrected chi connectivity index (χ2v) is 10.3. The van der Waals surface area contributed by atoms with Crippen LogP contribution in [0.3, 0.4) is 0 Å². The van der Waals surface area contributed by atoms with Gasteiger partial charge in [-0.25, -0.2) is 0 Å². The zero-order valence-electron chi connectivity index (χ0n) is 22.1. The van der Waals surface area contributed by atoms with Crippen molar-refractivity contribution in [2.75, 3.05) is 27.2 Å². The maximum Gasteiger partial charge on any atom is 0.314 e. The lowest BCUT2D eigenvalue weighted by Gasteiger charge is -2.32. The molecular weight excluding hydrogens is 422 g/mol. The van der Waals surface area contributed by atoms with Gasteiger partial charge in [0.25, 0.3) is 0 Å². The first-order valence-corrected chi connectivity index (χ1v) is 13.1. The lowest BCUT2D eigenvalue weighted by atomic mass is 10.0. The SMILES string of the molecule is CCCCCCCCc1ccccc1OC(C)COC(=O)C(C)C[N+](C)(C)Cc1ccccc1. The summed E-state index contributed by atoms with van der Waals surface area (Å²) in [5.41, 5.74) is 2.51. The third kappa shape index (κ3) is 10.7. The number of nitrogens with zero attached hydrogens (tertiary/aromatic N) is 1. The number of carbonyl (C=O) groups is 1. The van der Waals surface area contributed by atoms with Crippen LogP contribution < -0.4 is 4.74 Å². The van der Waals surface area contributed by atoms with E-state index >= 15 is 0 Å². The molecule has 0 radical (unpaired) electrons. The number of hydrogen-bond donors (Lipinski definition) is 0. The highest BCUT2D eigenvalue weighted by Crippen LogP contribution is 2.22. The Morgan fingerprint density at radius 2 is 1.53 bits per heavy atom. The Morgan fingerprint density at radius 1 is 0.882 bits per heavy atom. The molecule has 4 nitrogen and oxygen atoms in total. The van der Waals surface area contributed by atoms with Crippen LogP contribution in [-0.2, 0) is 22.5 Å². The van der Waals surface area contributed by atoms with Crippen molar-refractivity contribution in [2.24, 2.45) is 5.92 Å². The fourth-order valence-electron chi connectivity index (χ4n) is 4.47. The summed E-state index contributed by atoms with van der Waals surface area (Å²) < 4.78 is 12.5. The lowest BCUT2D eigenvalue weighted by molar-refractivity contribution is -0.905. The molecule has 0 N–H and O–H groups in total. The van der Waals surface area contributed by atoms with Crippen molar-refractivity contribution in [1.82, 2.24) is 0 Å². The number of benzene rings is 2. The topological polar surface area (TPSA) is 35.5 Å². The molecule has 0 heterocycles. The largest absolute Gasteiger partial charge is 0.487 e. The summed E-state index contributed by atoms with van der Waals surface area (Å²) in [6.07, 6.45) is 8.54. The average Bonchev–Trinajstić information content (AvgIpc) is 2.80. The van der Waals surface area contributed by atoms with Gasteiger partial charge in [-0.15, -0.1) is 0 Å². The average molecular weight is 469 g/mol. The van der Waals surface area contributed by atoms with Crippen LogP contribution in [0.5, 0.6) is 5.75 Å². The van der Waals surface area contributed by atoms with Crippen molar-refractivity contribution in [3.8, 4) is 5.75 Å². The van der Waals surface area contributed by atoms with Gasteiger partial charge in [-0.1, -0.05) is 87.6 Å². The van der Waals surface area contributed by atoms with E-state index in [2.05, 4.69) is 57.4 Å². The fourth-order valence-corrected chi connectivity index (χ4v) is 4.47. The Bertz CT molecular complexity index is 834. The molecule has 0 aliphatic heterocycles. The predicted molar refractivity (Wildman–Crippen MR) is 141 cm³/mol. The molecule has 0 amide bonds. The molecule has 34 heavy (non-hydrogen) atoms. The highest BCUT2D eigenvalue weighted by Gasteiger charge is 2.26. The third-order valence-electron chi connectivity index (χ3n) is 6.18. The van der Waals surface area contributed by atoms with Crippen LogP contribution in [0.2, 0.25) is 0 Å². The molecule has 2 unspecified atom stereocenters. The second kappa shape index (κ2) is 14.8. The van der Waals surface area contributed by atoms with Gasteiger partial charge in [-0.2, -0.15) is 0 Å². The molecule has 0 aromatic heterocycles. The van der Waals surface area contributed by atoms with Gasteiger partial charge in [-0.05, 0) is 38.3 Å². The summed E-state index contributed by atoms with van der Waals surface area (Å²) in [5.74, 6) is 0.578. The summed E-state index contributed by atoms with van der Waals surface area (Å²) in [6, 6.07) is 18.7. The van der Waals surface area contributed by atoms with Gasteiger partial charge in [0, 0.05) is 5.56 Å². The molecule has 0 saturated heterocycles. The maximum atomic E-state index is 12.7. The van der Waals surface area contributed by atoms with Crippen LogP contribution in [-0.4, -0.2) is 43.8 Å². The first kappa shape index (κ1) is 27.9. The van der Waals surface area contributed by atoms with Crippen LogP contribution in [0.4, 0.5) is 0 Å². The minimum absolute atomic E-state index is 0.157. The van der Waals surface area contributed by atoms with Gasteiger partial charge in [0.15, 0.2) is 0 Å². The lowest BCUT2D eigenvalue weighted by Crippen LogP contribution is -2.44. The molecule has 0 bridgehead atoms. The molecule has 2 rings (SSSR count). The maximum absolute atomic E-state index is 12.7. The molecule has 2 atom stereocenters. The molecular formula is C30H46NO3+. The third-order valence-corrected chi connectivity index (χ3v) is 6.18. The normalized spacial score (nSPS) is 13.3. The van der Waals surface area contributed by atoms with E-state index < -0.39 is 0 Å². The molecule has 2 aromatic rings. The van der Waals surface area contributed by atoms with Crippen molar-refractivity contribution in [3.05, 3.63) is 65.7 Å². The number of esters is 1. The molecule has 0 aliphatic carbocycles. The molecule has 4 heteroatoms. The smallest absolute Gasteiger partial charge is 0.314 e. The van der Waals surface area contributed by atoms with E-state index in [1.54, 1.807) is 0 Å². The summed E-state index contributed by atoms with van der Waals surface area (Å²) in [4.78, 5) is 12.7. The van der Waals surface area contributed by atoms with Gasteiger partial charge in [-0.3, -0.25) is 4.79 Å². The van der Waals surface area contributed by atoms with E-state index in [1.807, 2.05) is 32.0 Å². The fraction of sp³-hybridized carbons (Fsp3) is 0.567. The van der Waals surface area contributed by atoms with Crippen LogP contribution in [0.25, 0.3) is 0 Å². The van der Waals surface area contributed by atoms with E-state index in [1.165, 1.54) is 49.7 Å². The van der Waals surface area contributed by atoms with Crippen molar-refractivity contribution in [1.29, 1.82) is 0 Å². The van der Waals surface area contributed by atoms with Crippen molar-refractivity contribution in [2.45, 2.75) is 78.4 Å². The van der Waals surface area contributed by atoms with Crippen LogP contribution in [0.15, 0.2) is 54.6 Å². The standard InChI is InChI=1S/C30H46NO3/c1-6-7-8-9-10-14-19-28-20-15-16-21-29(28)34-26(3)24-33-30(32)25(2)22-31(4,5)23-27-17-12-11-13-18-27/h11-13,15-18,20-21,25-26H,6-10,14,19,22-24H2,1-5H3/q+1. The summed E-state index contributed by atoms with van der Waals surface area (Å²) >= 11 is 0. The number of aryl methyl sites for hydroxylation is 1. The highest BCUT2D eigenvalue weighted by atomic mass is 16.6. The van der Waals surface area contributed by atoms with Gasteiger partial charge in [0.2, 0.25) is 0 Å². The van der Waals surface area contributed by atoms with Crippen LogP contribution in [0.1, 0.15) is 70.4 Å². The Kier molecular flexibility index (Phi) is 12.2. The molecule has 0 spiro atoms. The van der Waals surface area contributed by atoms with Crippen molar-refractivity contribution < 1.29 is 18.8 Å². The van der Waals surface area contributed by atoms with E-state index in [0.717, 1.165) is 29.7 Å². The van der Waals surface area contributed by atoms with Crippen LogP contribution in [0, 0.1) is 5.92 Å². The zero-order valence-corrected chi connectivity index (χ0v) is 22.1. The Balaban J connectivity index is 1.76. The highest BCUT2D eigenvalue weighted by molar-refractivity contribution is 5.72. The van der Waals surface area contributed by atoms with Gasteiger partial charge in [0.1, 0.15) is 30.9 Å². The van der Waals surface area contributed by atoms with Gasteiger partial charge < -0.3 is 14.0 Å². The Hall–Kier alpha value is -2.33. The first-order valence-electron chi connectivity index (χ1n) is 13.1. The van der Waals surface area contributed by atoms with Gasteiger partial charge >= 0.3 is 5.97 Å². The number of unbranched alkanes of at least 4 members (excludes halogenated alkanes) is 5. The number of rotatable bonds is 16. The molecule has 0 fully saturated rings. The zero-order chi connectivity index (χ0) is 24.8. The number of hydrogen-bond acceptors (Lipinski definition) is 3. The summed E-state index contributed by atoms with van der Waals surface area (Å²) in [5, 5.41) is 0. The number of ether oxygens (including phenoxy) is 2. The Labute approximate surface area is 207 Å². The van der Waals surface area contributed by atoms with Crippen LogP contribution >= 0.6 is 0 Å². The predicted octanol–water partition coefficient (Wildman–Crippen LogP) is 6.81. The van der Waals surface area contributed by atoms with E-state index in [-0.39, 0.29) is 24.6 Å². The minimum Gasteiger partial charge on any atom is -0.487 e. The molecule has 188 valence electrons. The van der Waals surface area contributed by atoms with E-state index in [0.29, 0.717) is 0 Å². The van der Waals surface area contributed by atoms with E-state index in [4.69, 9.17) is 9.47 Å². The van der Waals surface area contributed by atoms with Crippen molar-refractivity contribution >= 4 is 5.97 Å². The molecule has 0 aliphatic rings. The minimum atomic E-state index is -0.186. The Morgan fingerprint density at radius 3 is 2.26 bits per heavy atom. The quantitative estimate of drug-likeness (QED) is 0.154. The molecule has 2 aromatic carbocycles. The number of carbonyl (C=O) groups excluding carboxylic acids is 1. The van der Waals surface area contributed by atoms with Crippen molar-refractivity contribution in [3.63, 3.8) is 0 Å². The first-order chi connectivity index (χ1) is 16.3. The number of quaternary nitrogens is 1. The second-order valence-electron chi connectivity index (χ2n) is 10.3. The number of para-hydroxylation sites is 1. The monoisotopic (exact) mass is 468 g/mol. The van der Waals surface area contributed by atoms with E-state index in [9.17, 15) is 4.79 Å². The summed E-state index contributed by atoms with van der Waals surface area (Å²) in [7, 11) is 4.31. The molecule has 0 saturated carbocycles. The van der Waals surface area contributed by atoms with Gasteiger partial charge in [0.05, 0.1) is 20.6 Å². The summed E-state index contributed by atoms with van der Waals surface area (Å²) in [6.45, 7) is 8.04.